The minimum Gasteiger partial charge on any atom is -0.494 e. The molecule has 0 spiro atoms. The van der Waals surface area contributed by atoms with E-state index in [9.17, 15) is 19.1 Å². The number of ether oxygens (including phenoxy) is 4. The van der Waals surface area contributed by atoms with Gasteiger partial charge in [-0.05, 0) is 114 Å². The van der Waals surface area contributed by atoms with Crippen molar-refractivity contribution < 1.29 is 43.1 Å². The van der Waals surface area contributed by atoms with E-state index in [1.54, 1.807) is 12.1 Å². The largest absolute Gasteiger partial charge is 0.494 e. The van der Waals surface area contributed by atoms with Crippen LogP contribution in [0.15, 0.2) is 78.9 Å². The van der Waals surface area contributed by atoms with Crippen LogP contribution in [0.1, 0.15) is 56.1 Å². The van der Waals surface area contributed by atoms with E-state index in [4.69, 9.17) is 24.1 Å². The van der Waals surface area contributed by atoms with Gasteiger partial charge in [0.2, 0.25) is 0 Å². The molecule has 0 saturated carbocycles. The van der Waals surface area contributed by atoms with Crippen LogP contribution in [-0.4, -0.2) is 48.6 Å². The Morgan fingerprint density at radius 2 is 1.33 bits per heavy atom. The van der Waals surface area contributed by atoms with Crippen molar-refractivity contribution in [2.75, 3.05) is 26.4 Å². The Balaban J connectivity index is 1.17. The summed E-state index contributed by atoms with van der Waals surface area (Å²) >= 11 is 0. The number of fused-ring (bicyclic) bond motifs is 1. The molecule has 0 unspecified atom stereocenters. The van der Waals surface area contributed by atoms with E-state index in [2.05, 4.69) is 6.07 Å². The predicted octanol–water partition coefficient (Wildman–Crippen LogP) is 8.37. The molecule has 0 fully saturated rings. The van der Waals surface area contributed by atoms with Crippen molar-refractivity contribution in [3.8, 4) is 45.3 Å². The number of hydrogen-bond acceptors (Lipinski definition) is 6. The van der Waals surface area contributed by atoms with E-state index >= 15 is 0 Å². The van der Waals surface area contributed by atoms with Gasteiger partial charge < -0.3 is 29.2 Å². The van der Waals surface area contributed by atoms with Crippen LogP contribution < -0.4 is 18.9 Å². The summed E-state index contributed by atoms with van der Waals surface area (Å²) in [5.41, 5.74) is 5.67. The third-order valence-corrected chi connectivity index (χ3v) is 8.18. The fraction of sp³-hybridized carbons (Fsp3) is 0.333. The van der Waals surface area contributed by atoms with E-state index in [1.807, 2.05) is 48.5 Å². The summed E-state index contributed by atoms with van der Waals surface area (Å²) in [4.78, 5) is 22.1. The van der Waals surface area contributed by atoms with Gasteiger partial charge in [-0.15, -0.1) is 0 Å². The molecule has 2 N–H and O–H groups in total. The fourth-order valence-corrected chi connectivity index (χ4v) is 5.74. The quantitative estimate of drug-likeness (QED) is 0.103. The minimum absolute atomic E-state index is 0.00141. The Kier molecular flexibility index (Phi) is 12.3. The first-order chi connectivity index (χ1) is 23.4. The molecule has 252 valence electrons. The molecule has 4 aromatic rings. The highest BCUT2D eigenvalue weighted by Gasteiger charge is 2.15. The second kappa shape index (κ2) is 17.2. The van der Waals surface area contributed by atoms with E-state index in [0.717, 1.165) is 77.0 Å². The second-order valence-electron chi connectivity index (χ2n) is 11.8. The van der Waals surface area contributed by atoms with Crippen LogP contribution in [0.5, 0.6) is 23.0 Å². The molecule has 0 saturated heterocycles. The highest BCUT2D eigenvalue weighted by Crippen LogP contribution is 2.37. The second-order valence-corrected chi connectivity index (χ2v) is 11.8. The Bertz CT molecular complexity index is 1680. The highest BCUT2D eigenvalue weighted by atomic mass is 19.1. The molecule has 0 aliphatic carbocycles. The molecule has 0 aromatic heterocycles. The van der Waals surface area contributed by atoms with Crippen molar-refractivity contribution in [3.63, 3.8) is 0 Å². The first-order valence-corrected chi connectivity index (χ1v) is 16.5. The zero-order valence-corrected chi connectivity index (χ0v) is 26.9. The molecular formula is C39H41FO8. The molecule has 0 amide bonds. The van der Waals surface area contributed by atoms with Gasteiger partial charge in [-0.25, -0.2) is 4.39 Å². The summed E-state index contributed by atoms with van der Waals surface area (Å²) in [7, 11) is 0. The summed E-state index contributed by atoms with van der Waals surface area (Å²) in [6.45, 7) is 1.83. The summed E-state index contributed by atoms with van der Waals surface area (Å²) < 4.78 is 37.3. The molecule has 8 nitrogen and oxygen atoms in total. The lowest BCUT2D eigenvalue weighted by atomic mass is 9.97. The summed E-state index contributed by atoms with van der Waals surface area (Å²) in [6, 6.07) is 24.1. The third-order valence-electron chi connectivity index (χ3n) is 8.18. The van der Waals surface area contributed by atoms with E-state index in [0.29, 0.717) is 44.2 Å². The van der Waals surface area contributed by atoms with Gasteiger partial charge in [0.15, 0.2) is 11.5 Å². The van der Waals surface area contributed by atoms with Gasteiger partial charge in [0.25, 0.3) is 0 Å². The molecule has 0 atom stereocenters. The molecule has 1 heterocycles. The van der Waals surface area contributed by atoms with E-state index in [-0.39, 0.29) is 25.3 Å². The number of carbonyl (C=O) groups is 2. The van der Waals surface area contributed by atoms with Gasteiger partial charge >= 0.3 is 11.9 Å². The molecule has 5 rings (SSSR count). The highest BCUT2D eigenvalue weighted by molar-refractivity contribution is 5.76. The van der Waals surface area contributed by atoms with Crippen LogP contribution in [0.3, 0.4) is 0 Å². The van der Waals surface area contributed by atoms with Crippen molar-refractivity contribution in [1.29, 1.82) is 0 Å². The lowest BCUT2D eigenvalue weighted by Gasteiger charge is -2.19. The summed E-state index contributed by atoms with van der Waals surface area (Å²) in [5, 5.41) is 18.2. The van der Waals surface area contributed by atoms with Crippen LogP contribution in [-0.2, 0) is 22.4 Å². The van der Waals surface area contributed by atoms with Crippen LogP contribution in [0, 0.1) is 5.82 Å². The van der Waals surface area contributed by atoms with Crippen LogP contribution >= 0.6 is 0 Å². The van der Waals surface area contributed by atoms with Crippen molar-refractivity contribution in [2.45, 2.75) is 57.8 Å². The molecule has 1 aliphatic heterocycles. The molecule has 48 heavy (non-hydrogen) atoms. The van der Waals surface area contributed by atoms with Gasteiger partial charge in [0.1, 0.15) is 30.5 Å². The average molecular weight is 657 g/mol. The Labute approximate surface area is 280 Å². The van der Waals surface area contributed by atoms with Gasteiger partial charge in [-0.1, -0.05) is 43.2 Å². The van der Waals surface area contributed by atoms with Gasteiger partial charge in [0.05, 0.1) is 13.2 Å². The molecule has 9 heteroatoms. The van der Waals surface area contributed by atoms with Crippen LogP contribution in [0.2, 0.25) is 0 Å². The number of aliphatic carboxylic acids is 2. The van der Waals surface area contributed by atoms with E-state index < -0.39 is 11.9 Å². The van der Waals surface area contributed by atoms with Crippen LogP contribution in [0.25, 0.3) is 22.3 Å². The third kappa shape index (κ3) is 9.97. The number of unbranched alkanes of at least 4 members (excludes halogenated alkanes) is 3. The molecule has 0 bridgehead atoms. The Morgan fingerprint density at radius 1 is 0.646 bits per heavy atom. The summed E-state index contributed by atoms with van der Waals surface area (Å²) in [6.07, 6.45) is 5.28. The normalized spacial score (nSPS) is 12.0. The first kappa shape index (κ1) is 34.3. The van der Waals surface area contributed by atoms with E-state index in [1.165, 1.54) is 12.1 Å². The van der Waals surface area contributed by atoms with Crippen molar-refractivity contribution in [1.82, 2.24) is 0 Å². The maximum absolute atomic E-state index is 13.7. The Hall–Kier alpha value is -5.05. The molecule has 0 radical (unpaired) electrons. The standard InChI is InChI=1S/C39H41FO8/c40-32-14-11-27(12-15-32)30-23-31(29-13-17-36-37(26-29)48-22-21-47-36)25-33(24-30)45-19-4-2-1-3-7-28-8-5-9-35(34(28)16-18-39(43)44)46-20-6-10-38(41)42/h5,8-9,11-15,17,23-26H,1-4,6-7,10,16,18-22H2,(H,41,42)(H,43,44). The zero-order chi connectivity index (χ0) is 33.7. The number of carboxylic acid groups (broad SMARTS) is 2. The van der Waals surface area contributed by atoms with Gasteiger partial charge in [0, 0.05) is 12.8 Å². The van der Waals surface area contributed by atoms with Gasteiger partial charge in [-0.2, -0.15) is 0 Å². The van der Waals surface area contributed by atoms with Crippen molar-refractivity contribution >= 4 is 11.9 Å². The predicted molar refractivity (Wildman–Crippen MR) is 181 cm³/mol. The maximum Gasteiger partial charge on any atom is 0.303 e. The topological polar surface area (TPSA) is 112 Å². The number of aryl methyl sites for hydroxylation is 1. The minimum atomic E-state index is -0.872. The number of rotatable bonds is 18. The number of halogens is 1. The maximum atomic E-state index is 13.7. The molecule has 1 aliphatic rings. The molecule has 4 aromatic carbocycles. The average Bonchev–Trinajstić information content (AvgIpc) is 3.09. The lowest BCUT2D eigenvalue weighted by molar-refractivity contribution is -0.138. The van der Waals surface area contributed by atoms with Crippen LogP contribution in [0.4, 0.5) is 4.39 Å². The Morgan fingerprint density at radius 3 is 2.10 bits per heavy atom. The number of hydrogen-bond donors (Lipinski definition) is 2. The van der Waals surface area contributed by atoms with Gasteiger partial charge in [-0.3, -0.25) is 9.59 Å². The van der Waals surface area contributed by atoms with Crippen molar-refractivity contribution in [2.24, 2.45) is 0 Å². The number of benzene rings is 4. The fourth-order valence-electron chi connectivity index (χ4n) is 5.74. The first-order valence-electron chi connectivity index (χ1n) is 16.5. The monoisotopic (exact) mass is 656 g/mol. The smallest absolute Gasteiger partial charge is 0.303 e. The molecular weight excluding hydrogens is 615 g/mol. The SMILES string of the molecule is O=C(O)CCCOc1cccc(CCCCCCOc2cc(-c3ccc(F)cc3)cc(-c3ccc4c(c3)OCCO4)c2)c1CCC(=O)O. The van der Waals surface area contributed by atoms with Crippen molar-refractivity contribution in [3.05, 3.63) is 95.8 Å². The number of carboxylic acids is 2. The summed E-state index contributed by atoms with van der Waals surface area (Å²) in [5.74, 6) is 0.755. The lowest BCUT2D eigenvalue weighted by Crippen LogP contribution is -2.15. The zero-order valence-electron chi connectivity index (χ0n) is 26.9.